The summed E-state index contributed by atoms with van der Waals surface area (Å²) in [4.78, 5) is 22.1. The molecule has 4 rings (SSSR count). The number of nitrogens with zero attached hydrogens (tertiary/aromatic N) is 2. The van der Waals surface area contributed by atoms with Crippen LogP contribution in [-0.4, -0.2) is 24.1 Å². The minimum atomic E-state index is -0.343. The van der Waals surface area contributed by atoms with Crippen LogP contribution in [0.15, 0.2) is 72.8 Å². The maximum atomic E-state index is 11.4. The monoisotopic (exact) mass is 592 g/mol. The van der Waals surface area contributed by atoms with Gasteiger partial charge in [-0.15, -0.1) is 0 Å². The lowest BCUT2D eigenvalue weighted by Gasteiger charge is -2.12. The van der Waals surface area contributed by atoms with E-state index in [9.17, 15) is 20.2 Å². The van der Waals surface area contributed by atoms with Crippen molar-refractivity contribution in [2.45, 2.75) is 39.5 Å². The van der Waals surface area contributed by atoms with Gasteiger partial charge in [-0.3, -0.25) is 20.2 Å². The van der Waals surface area contributed by atoms with Gasteiger partial charge in [-0.25, -0.2) is 0 Å². The summed E-state index contributed by atoms with van der Waals surface area (Å²) in [6, 6.07) is 22.2. The Morgan fingerprint density at radius 3 is 1.27 bits per heavy atom. The normalized spacial score (nSPS) is 11.5. The molecule has 0 atom stereocenters. The molecule has 4 aromatic carbocycles. The summed E-state index contributed by atoms with van der Waals surface area (Å²) in [7, 11) is 3.24. The average Bonchev–Trinajstić information content (AvgIpc) is 3.02. The van der Waals surface area contributed by atoms with Gasteiger partial charge in [-0.2, -0.15) is 0 Å². The van der Waals surface area contributed by atoms with Gasteiger partial charge in [0, 0.05) is 34.4 Å². The molecule has 0 saturated carbocycles. The molecule has 0 aromatic heterocycles. The molecule has 0 radical (unpaired) electrons. The average molecular weight is 593 g/mol. The van der Waals surface area contributed by atoms with E-state index in [1.807, 2.05) is 101 Å². The van der Waals surface area contributed by atoms with Crippen molar-refractivity contribution in [2.75, 3.05) is 14.2 Å². The molecule has 4 aromatic rings. The van der Waals surface area contributed by atoms with Gasteiger partial charge in [0.25, 0.3) is 11.4 Å². The van der Waals surface area contributed by atoms with Crippen LogP contribution in [-0.2, 0) is 0 Å². The molecule has 0 aliphatic heterocycles. The van der Waals surface area contributed by atoms with Crippen molar-refractivity contribution < 1.29 is 19.3 Å². The molecular formula is C36H36N2O6. The Labute approximate surface area is 257 Å². The fraction of sp³-hybridized carbons (Fsp3) is 0.222. The first kappa shape index (κ1) is 31.7. The van der Waals surface area contributed by atoms with Crippen molar-refractivity contribution in [3.63, 3.8) is 0 Å². The zero-order valence-electron chi connectivity index (χ0n) is 25.7. The van der Waals surface area contributed by atoms with Crippen molar-refractivity contribution in [2.24, 2.45) is 0 Å². The third kappa shape index (κ3) is 7.21. The van der Waals surface area contributed by atoms with E-state index in [1.165, 1.54) is 0 Å². The molecule has 226 valence electrons. The summed E-state index contributed by atoms with van der Waals surface area (Å²) in [6.45, 7) is 7.76. The zero-order chi connectivity index (χ0) is 32.0. The lowest BCUT2D eigenvalue weighted by atomic mass is 9.97. The van der Waals surface area contributed by atoms with Gasteiger partial charge in [-0.1, -0.05) is 76.3 Å². The minimum absolute atomic E-state index is 0.0245. The molecular weight excluding hydrogens is 556 g/mol. The fourth-order valence-corrected chi connectivity index (χ4v) is 5.04. The minimum Gasteiger partial charge on any atom is -0.496 e. The molecule has 0 saturated heterocycles. The lowest BCUT2D eigenvalue weighted by molar-refractivity contribution is -0.385. The van der Waals surface area contributed by atoms with E-state index in [1.54, 1.807) is 38.5 Å². The van der Waals surface area contributed by atoms with Gasteiger partial charge < -0.3 is 9.47 Å². The van der Waals surface area contributed by atoms with E-state index in [-0.39, 0.29) is 33.1 Å². The highest BCUT2D eigenvalue weighted by molar-refractivity contribution is 5.79. The fourth-order valence-electron chi connectivity index (χ4n) is 5.04. The quantitative estimate of drug-likeness (QED) is 0.0975. The molecule has 44 heavy (non-hydrogen) atoms. The second-order valence-corrected chi connectivity index (χ2v) is 11.0. The van der Waals surface area contributed by atoms with Gasteiger partial charge in [0.15, 0.2) is 0 Å². The van der Waals surface area contributed by atoms with Gasteiger partial charge in [0.2, 0.25) is 0 Å². The molecule has 8 nitrogen and oxygen atoms in total. The van der Waals surface area contributed by atoms with Gasteiger partial charge in [-0.05, 0) is 70.5 Å². The van der Waals surface area contributed by atoms with Crippen molar-refractivity contribution in [1.82, 2.24) is 0 Å². The Hall–Kier alpha value is -5.24. The Kier molecular flexibility index (Phi) is 9.95. The van der Waals surface area contributed by atoms with E-state index in [4.69, 9.17) is 9.47 Å². The van der Waals surface area contributed by atoms with E-state index >= 15 is 0 Å². The highest BCUT2D eigenvalue weighted by Crippen LogP contribution is 2.34. The summed E-state index contributed by atoms with van der Waals surface area (Å²) in [5, 5.41) is 22.8. The zero-order valence-corrected chi connectivity index (χ0v) is 25.7. The van der Waals surface area contributed by atoms with Crippen LogP contribution in [0, 0.1) is 20.2 Å². The summed E-state index contributed by atoms with van der Waals surface area (Å²) in [5.74, 6) is 1.42. The van der Waals surface area contributed by atoms with Crippen LogP contribution in [0.5, 0.6) is 11.5 Å². The Bertz CT molecular complexity index is 1620. The maximum Gasteiger partial charge on any atom is 0.272 e. The topological polar surface area (TPSA) is 105 Å². The molecule has 0 bridgehead atoms. The molecule has 0 unspecified atom stereocenters. The molecule has 8 heteroatoms. The molecule has 0 spiro atoms. The first-order valence-electron chi connectivity index (χ1n) is 14.3. The number of hydrogen-bond donors (Lipinski definition) is 0. The molecule has 0 amide bonds. The molecule has 0 aliphatic carbocycles. The van der Waals surface area contributed by atoms with E-state index < -0.39 is 0 Å². The van der Waals surface area contributed by atoms with Crippen molar-refractivity contribution in [3.05, 3.63) is 126 Å². The molecule has 0 heterocycles. The second kappa shape index (κ2) is 13.8. The van der Waals surface area contributed by atoms with Crippen LogP contribution in [0.25, 0.3) is 35.4 Å². The van der Waals surface area contributed by atoms with E-state index in [2.05, 4.69) is 0 Å². The van der Waals surface area contributed by atoms with Crippen molar-refractivity contribution >= 4 is 35.7 Å². The number of benzene rings is 4. The number of methoxy groups -OCH3 is 2. The molecule has 0 fully saturated rings. The Balaban J connectivity index is 1.59. The van der Waals surface area contributed by atoms with E-state index in [0.29, 0.717) is 22.6 Å². The predicted molar refractivity (Wildman–Crippen MR) is 177 cm³/mol. The number of ether oxygens (including phenoxy) is 2. The molecule has 0 N–H and O–H groups in total. The van der Waals surface area contributed by atoms with Gasteiger partial charge in [0.05, 0.1) is 24.1 Å². The van der Waals surface area contributed by atoms with Crippen LogP contribution < -0.4 is 9.47 Å². The van der Waals surface area contributed by atoms with E-state index in [0.717, 1.165) is 33.4 Å². The van der Waals surface area contributed by atoms with Crippen LogP contribution in [0.2, 0.25) is 0 Å². The third-order valence-electron chi connectivity index (χ3n) is 7.45. The summed E-state index contributed by atoms with van der Waals surface area (Å²) in [6.07, 6.45) is 7.72. The summed E-state index contributed by atoms with van der Waals surface area (Å²) in [5.41, 5.74) is 7.02. The van der Waals surface area contributed by atoms with Gasteiger partial charge in [0.1, 0.15) is 11.5 Å². The smallest absolute Gasteiger partial charge is 0.272 e. The maximum absolute atomic E-state index is 11.4. The number of nitro groups is 2. The van der Waals surface area contributed by atoms with Crippen LogP contribution in [0.4, 0.5) is 11.4 Å². The van der Waals surface area contributed by atoms with Gasteiger partial charge >= 0.3 is 0 Å². The predicted octanol–water partition coefficient (Wildman–Crippen LogP) is 9.77. The third-order valence-corrected chi connectivity index (χ3v) is 7.45. The van der Waals surface area contributed by atoms with Crippen LogP contribution in [0.1, 0.15) is 72.9 Å². The highest BCUT2D eigenvalue weighted by Gasteiger charge is 2.17. The number of rotatable bonds is 11. The Morgan fingerprint density at radius 1 is 0.568 bits per heavy atom. The first-order valence-corrected chi connectivity index (χ1v) is 14.3. The SMILES string of the molecule is COc1cc(-c2ccc(C=Cc3ccc([N+](=O)[O-])c(C(C)C)c3)c(OC)c2)ccc1C=Cc1ccc([N+](=O)[O-])c(C(C)C)c1. The number of nitro benzene ring substituents is 2. The first-order chi connectivity index (χ1) is 21.0. The van der Waals surface area contributed by atoms with Crippen LogP contribution in [0.3, 0.4) is 0 Å². The summed E-state index contributed by atoms with van der Waals surface area (Å²) < 4.78 is 11.4. The largest absolute Gasteiger partial charge is 0.496 e. The summed E-state index contributed by atoms with van der Waals surface area (Å²) >= 11 is 0. The molecule has 0 aliphatic rings. The highest BCUT2D eigenvalue weighted by atomic mass is 16.6. The van der Waals surface area contributed by atoms with Crippen molar-refractivity contribution in [1.29, 1.82) is 0 Å². The van der Waals surface area contributed by atoms with Crippen molar-refractivity contribution in [3.8, 4) is 22.6 Å². The lowest BCUT2D eigenvalue weighted by Crippen LogP contribution is -1.97. The standard InChI is InChI=1S/C36H36N2O6/c1-23(2)31-19-25(9-17-33(31)37(39)40)7-11-27-13-15-29(21-35(27)43-5)30-16-14-28(36(22-30)44-6)12-8-26-10-18-34(38(41)42)32(20-26)24(3)4/h7-24H,1-6H3. The number of hydrogen-bond acceptors (Lipinski definition) is 6. The second-order valence-electron chi connectivity index (χ2n) is 11.0. The Morgan fingerprint density at radius 2 is 0.955 bits per heavy atom. The van der Waals surface area contributed by atoms with Crippen LogP contribution >= 0.6 is 0 Å².